The molecule has 0 fully saturated rings. The topological polar surface area (TPSA) is 33.0 Å². The molecular formula is C11H12B2FNO. The Morgan fingerprint density at radius 3 is 2.31 bits per heavy atom. The van der Waals surface area contributed by atoms with Crippen LogP contribution in [0.25, 0.3) is 0 Å². The molecule has 0 aliphatic carbocycles. The lowest BCUT2D eigenvalue weighted by Gasteiger charge is -2.25. The van der Waals surface area contributed by atoms with Crippen LogP contribution >= 0.6 is 0 Å². The minimum absolute atomic E-state index is 0.0130. The molecule has 0 unspecified atom stereocenters. The summed E-state index contributed by atoms with van der Waals surface area (Å²) in [6, 6.07) is 5.61. The normalized spacial score (nSPS) is 9.94. The molecule has 0 aliphatic heterocycles. The molecule has 0 amide bonds. The highest BCUT2D eigenvalue weighted by Crippen LogP contribution is 2.21. The van der Waals surface area contributed by atoms with Gasteiger partial charge in [0.15, 0.2) is 0 Å². The maximum atomic E-state index is 13.3. The molecule has 2 nitrogen and oxygen atoms in total. The number of methoxy groups -OCH3 is 1. The van der Waals surface area contributed by atoms with Gasteiger partial charge in [0.25, 0.3) is 0 Å². The smallest absolute Gasteiger partial charge is 0.129 e. The lowest BCUT2D eigenvalue weighted by atomic mass is 9.61. The minimum Gasteiger partial charge on any atom is -0.393 e. The van der Waals surface area contributed by atoms with Gasteiger partial charge in [0.2, 0.25) is 0 Å². The molecule has 0 aliphatic rings. The van der Waals surface area contributed by atoms with Crippen LogP contribution in [0.2, 0.25) is 0 Å². The standard InChI is InChI=1S/C9H6B2FNO.C2H6/c1-14-9(10,11)7-3-2-6(5-13)4-8(7)12;1-2/h2-4H,1H3;1-2H3. The van der Waals surface area contributed by atoms with E-state index in [1.54, 1.807) is 6.07 Å². The Labute approximate surface area is 98.2 Å². The molecule has 0 aromatic heterocycles. The number of nitriles is 1. The number of halogens is 1. The third-order valence-electron chi connectivity index (χ3n) is 1.86. The summed E-state index contributed by atoms with van der Waals surface area (Å²) in [6.07, 6.45) is 0. The van der Waals surface area contributed by atoms with Crippen molar-refractivity contribution < 1.29 is 9.13 Å². The minimum atomic E-state index is -1.67. The second kappa shape index (κ2) is 6.34. The van der Waals surface area contributed by atoms with Gasteiger partial charge < -0.3 is 4.74 Å². The maximum Gasteiger partial charge on any atom is 0.129 e. The van der Waals surface area contributed by atoms with Gasteiger partial charge in [-0.3, -0.25) is 0 Å². The Morgan fingerprint density at radius 1 is 1.38 bits per heavy atom. The van der Waals surface area contributed by atoms with Gasteiger partial charge in [-0.05, 0) is 12.1 Å². The summed E-state index contributed by atoms with van der Waals surface area (Å²) in [5.74, 6) is -0.657. The average molecular weight is 215 g/mol. The van der Waals surface area contributed by atoms with E-state index < -0.39 is 11.2 Å². The zero-order valence-electron chi connectivity index (χ0n) is 9.62. The first-order valence-corrected chi connectivity index (χ1v) is 4.84. The van der Waals surface area contributed by atoms with Gasteiger partial charge in [-0.2, -0.15) is 5.26 Å². The van der Waals surface area contributed by atoms with Crippen molar-refractivity contribution in [3.05, 3.63) is 35.1 Å². The van der Waals surface area contributed by atoms with Crippen LogP contribution in [0.1, 0.15) is 25.0 Å². The van der Waals surface area contributed by atoms with Gasteiger partial charge in [0, 0.05) is 18.1 Å². The fourth-order valence-corrected chi connectivity index (χ4v) is 1.01. The Morgan fingerprint density at radius 2 is 1.94 bits per heavy atom. The Hall–Kier alpha value is -1.27. The van der Waals surface area contributed by atoms with E-state index >= 15 is 0 Å². The van der Waals surface area contributed by atoms with Crippen LogP contribution in [0.3, 0.4) is 0 Å². The Kier molecular flexibility index (Phi) is 5.84. The molecule has 1 aromatic carbocycles. The number of hydrogen-bond acceptors (Lipinski definition) is 2. The van der Waals surface area contributed by atoms with Crippen molar-refractivity contribution in [3.8, 4) is 6.07 Å². The van der Waals surface area contributed by atoms with E-state index in [9.17, 15) is 4.39 Å². The van der Waals surface area contributed by atoms with E-state index in [1.807, 2.05) is 13.8 Å². The number of nitrogens with zero attached hydrogens (tertiary/aromatic N) is 1. The molecule has 16 heavy (non-hydrogen) atoms. The van der Waals surface area contributed by atoms with Crippen molar-refractivity contribution in [2.45, 2.75) is 19.2 Å². The number of hydrogen-bond donors (Lipinski definition) is 0. The van der Waals surface area contributed by atoms with Crippen LogP contribution in [-0.2, 0) is 10.1 Å². The summed E-state index contributed by atoms with van der Waals surface area (Å²) < 4.78 is 18.0. The second-order valence-electron chi connectivity index (χ2n) is 2.80. The second-order valence-corrected chi connectivity index (χ2v) is 2.80. The lowest BCUT2D eigenvalue weighted by Crippen LogP contribution is -2.30. The zero-order valence-corrected chi connectivity index (χ0v) is 9.62. The van der Waals surface area contributed by atoms with E-state index in [-0.39, 0.29) is 11.1 Å². The SMILES string of the molecule is CC.[B]C([B])(OC)c1ccc(C#N)cc1F. The summed E-state index contributed by atoms with van der Waals surface area (Å²) in [5.41, 5.74) is 0.220. The number of rotatable bonds is 2. The molecule has 1 aromatic rings. The predicted octanol–water partition coefficient (Wildman–Crippen LogP) is 1.82. The summed E-state index contributed by atoms with van der Waals surface area (Å²) in [5, 5.41) is 6.83. The highest BCUT2D eigenvalue weighted by molar-refractivity contribution is 6.38. The monoisotopic (exact) mass is 215 g/mol. The molecule has 80 valence electrons. The van der Waals surface area contributed by atoms with Crippen LogP contribution in [0.4, 0.5) is 4.39 Å². The Balaban J connectivity index is 0.00000106. The van der Waals surface area contributed by atoms with Crippen molar-refractivity contribution in [2.24, 2.45) is 0 Å². The van der Waals surface area contributed by atoms with Crippen LogP contribution < -0.4 is 0 Å². The fourth-order valence-electron chi connectivity index (χ4n) is 1.01. The molecule has 5 heteroatoms. The maximum absolute atomic E-state index is 13.3. The molecular weight excluding hydrogens is 203 g/mol. The highest BCUT2D eigenvalue weighted by atomic mass is 19.1. The third kappa shape index (κ3) is 3.39. The van der Waals surface area contributed by atoms with Crippen molar-refractivity contribution >= 4 is 15.7 Å². The first-order chi connectivity index (χ1) is 7.51. The zero-order chi connectivity index (χ0) is 12.8. The van der Waals surface area contributed by atoms with Crippen molar-refractivity contribution in [3.63, 3.8) is 0 Å². The molecule has 1 rings (SSSR count). The van der Waals surface area contributed by atoms with Crippen LogP contribution in [0.5, 0.6) is 0 Å². The van der Waals surface area contributed by atoms with Gasteiger partial charge in [0.05, 0.1) is 11.6 Å². The van der Waals surface area contributed by atoms with Crippen LogP contribution in [-0.4, -0.2) is 22.8 Å². The van der Waals surface area contributed by atoms with E-state index in [1.165, 1.54) is 19.2 Å². The van der Waals surface area contributed by atoms with Gasteiger partial charge in [-0.15, -0.1) is 0 Å². The molecule has 4 radical (unpaired) electrons. The summed E-state index contributed by atoms with van der Waals surface area (Å²) in [4.78, 5) is 0. The largest absolute Gasteiger partial charge is 0.393 e. The molecule has 0 saturated carbocycles. The lowest BCUT2D eigenvalue weighted by molar-refractivity contribution is 0.129. The molecule has 0 heterocycles. The first kappa shape index (κ1) is 14.7. The van der Waals surface area contributed by atoms with Crippen LogP contribution in [0, 0.1) is 17.1 Å². The van der Waals surface area contributed by atoms with E-state index in [0.717, 1.165) is 6.07 Å². The number of benzene rings is 1. The van der Waals surface area contributed by atoms with Crippen molar-refractivity contribution in [1.29, 1.82) is 5.26 Å². The first-order valence-electron chi connectivity index (χ1n) is 4.84. The van der Waals surface area contributed by atoms with Crippen molar-refractivity contribution in [2.75, 3.05) is 7.11 Å². The van der Waals surface area contributed by atoms with Gasteiger partial charge in [0.1, 0.15) is 21.5 Å². The highest BCUT2D eigenvalue weighted by Gasteiger charge is 2.22. The van der Waals surface area contributed by atoms with Gasteiger partial charge >= 0.3 is 0 Å². The molecule has 0 atom stereocenters. The quantitative estimate of drug-likeness (QED) is 0.704. The predicted molar refractivity (Wildman–Crippen MR) is 62.7 cm³/mol. The third-order valence-corrected chi connectivity index (χ3v) is 1.86. The summed E-state index contributed by atoms with van der Waals surface area (Å²) >= 11 is 0. The van der Waals surface area contributed by atoms with Gasteiger partial charge in [-0.25, -0.2) is 4.39 Å². The van der Waals surface area contributed by atoms with Crippen molar-refractivity contribution in [1.82, 2.24) is 0 Å². The fraction of sp³-hybridized carbons (Fsp3) is 0.364. The molecule has 0 spiro atoms. The summed E-state index contributed by atoms with van der Waals surface area (Å²) in [6.45, 7) is 4.00. The van der Waals surface area contributed by atoms with Gasteiger partial charge in [-0.1, -0.05) is 19.9 Å². The van der Waals surface area contributed by atoms with Crippen LogP contribution in [0.15, 0.2) is 18.2 Å². The van der Waals surface area contributed by atoms with E-state index in [4.69, 9.17) is 25.7 Å². The Bertz CT molecular complexity index is 388. The average Bonchev–Trinajstić information content (AvgIpc) is 2.31. The van der Waals surface area contributed by atoms with E-state index in [0.29, 0.717) is 0 Å². The molecule has 0 saturated heterocycles. The summed E-state index contributed by atoms with van der Waals surface area (Å²) in [7, 11) is 12.2. The van der Waals surface area contributed by atoms with E-state index in [2.05, 4.69) is 0 Å². The molecule has 0 N–H and O–H groups in total. The molecule has 0 bridgehead atoms. The number of ether oxygens (including phenoxy) is 1.